The van der Waals surface area contributed by atoms with Crippen LogP contribution in [0.4, 0.5) is 0 Å². The number of nitrogens with zero attached hydrogens (tertiary/aromatic N) is 3. The van der Waals surface area contributed by atoms with Gasteiger partial charge in [-0.25, -0.2) is 15.0 Å². The van der Waals surface area contributed by atoms with Gasteiger partial charge in [0.25, 0.3) is 0 Å². The molecule has 0 saturated heterocycles. The van der Waals surface area contributed by atoms with Gasteiger partial charge in [-0.15, -0.1) is 11.3 Å². The third-order valence-corrected chi connectivity index (χ3v) is 10.2. The zero-order valence-electron chi connectivity index (χ0n) is 24.0. The molecule has 0 amide bonds. The topological polar surface area (TPSA) is 38.7 Å². The molecule has 0 saturated carbocycles. The lowest BCUT2D eigenvalue weighted by atomic mass is 9.95. The maximum absolute atomic E-state index is 5.54. The molecule has 0 atom stereocenters. The lowest BCUT2D eigenvalue weighted by Crippen LogP contribution is -1.99. The van der Waals surface area contributed by atoms with Crippen LogP contribution >= 0.6 is 11.3 Å². The second kappa shape index (κ2) is 9.39. The Morgan fingerprint density at radius 1 is 0.378 bits per heavy atom. The molecular formula is C41H23N3S. The molecule has 0 spiro atoms. The summed E-state index contributed by atoms with van der Waals surface area (Å²) in [6, 6.07) is 49.2. The average Bonchev–Trinajstić information content (AvgIpc) is 3.51. The van der Waals surface area contributed by atoms with Gasteiger partial charge in [0, 0.05) is 58.1 Å². The van der Waals surface area contributed by atoms with Crippen LogP contribution < -0.4 is 0 Å². The number of benzene rings is 7. The first kappa shape index (κ1) is 24.7. The van der Waals surface area contributed by atoms with Crippen LogP contribution in [0.15, 0.2) is 140 Å². The van der Waals surface area contributed by atoms with Crippen LogP contribution in [0.3, 0.4) is 0 Å². The summed E-state index contributed by atoms with van der Waals surface area (Å²) in [4.78, 5) is 16.2. The number of hydrogen-bond acceptors (Lipinski definition) is 4. The predicted molar refractivity (Wildman–Crippen MR) is 191 cm³/mol. The Morgan fingerprint density at radius 3 is 1.89 bits per heavy atom. The highest BCUT2D eigenvalue weighted by atomic mass is 32.1. The third-order valence-electron chi connectivity index (χ3n) is 9.03. The van der Waals surface area contributed by atoms with Gasteiger partial charge in [0.2, 0.25) is 0 Å². The number of pyridine rings is 1. The molecule has 45 heavy (non-hydrogen) atoms. The van der Waals surface area contributed by atoms with Gasteiger partial charge in [0.1, 0.15) is 5.69 Å². The predicted octanol–water partition coefficient (Wildman–Crippen LogP) is 11.3. The van der Waals surface area contributed by atoms with E-state index in [-0.39, 0.29) is 0 Å². The quantitative estimate of drug-likeness (QED) is 0.188. The first-order chi connectivity index (χ1) is 22.3. The van der Waals surface area contributed by atoms with Crippen molar-refractivity contribution in [2.45, 2.75) is 0 Å². The van der Waals surface area contributed by atoms with Gasteiger partial charge in [0.05, 0.1) is 16.7 Å². The van der Waals surface area contributed by atoms with E-state index in [1.54, 1.807) is 0 Å². The highest BCUT2D eigenvalue weighted by molar-refractivity contribution is 7.27. The summed E-state index contributed by atoms with van der Waals surface area (Å²) < 4.78 is 2.59. The highest BCUT2D eigenvalue weighted by Crippen LogP contribution is 2.46. The maximum Gasteiger partial charge on any atom is 0.180 e. The monoisotopic (exact) mass is 589 g/mol. The zero-order valence-corrected chi connectivity index (χ0v) is 24.8. The normalized spacial score (nSPS) is 12.0. The van der Waals surface area contributed by atoms with Crippen molar-refractivity contribution >= 4 is 85.6 Å². The van der Waals surface area contributed by atoms with E-state index >= 15 is 0 Å². The number of rotatable bonds is 2. The van der Waals surface area contributed by atoms with Gasteiger partial charge >= 0.3 is 0 Å². The van der Waals surface area contributed by atoms with Crippen molar-refractivity contribution in [3.63, 3.8) is 0 Å². The van der Waals surface area contributed by atoms with Crippen LogP contribution in [-0.2, 0) is 0 Å². The minimum Gasteiger partial charge on any atom is -0.243 e. The molecule has 0 aliphatic carbocycles. The van der Waals surface area contributed by atoms with Crippen LogP contribution in [0.25, 0.3) is 97.1 Å². The van der Waals surface area contributed by atoms with Gasteiger partial charge in [0.15, 0.2) is 5.82 Å². The van der Waals surface area contributed by atoms with E-state index in [0.717, 1.165) is 54.9 Å². The highest BCUT2D eigenvalue weighted by Gasteiger charge is 2.22. The third kappa shape index (κ3) is 3.54. The Hall–Kier alpha value is -5.71. The standard InChI is InChI=1S/C41H23N3S/c1-2-13-25(14-3-1)36-32-23-22-24-12-4-5-15-26(24)37(32)44-41(43-36)39-28-17-7-6-16-27(28)34-35-31-20-10-11-21-33(31)45-40(35)30-19-9-8-18-29(30)38(34)42-39/h1-23H. The minimum atomic E-state index is 0.634. The Labute approximate surface area is 262 Å². The molecule has 4 heteroatoms. The van der Waals surface area contributed by atoms with Crippen molar-refractivity contribution in [3.8, 4) is 22.8 Å². The van der Waals surface area contributed by atoms with Crippen LogP contribution in [0.1, 0.15) is 0 Å². The molecule has 10 rings (SSSR count). The minimum absolute atomic E-state index is 0.634. The lowest BCUT2D eigenvalue weighted by molar-refractivity contribution is 1.21. The Kier molecular flexibility index (Phi) is 5.16. The number of hydrogen-bond donors (Lipinski definition) is 0. The van der Waals surface area contributed by atoms with Crippen LogP contribution in [0.5, 0.6) is 0 Å². The van der Waals surface area contributed by atoms with Gasteiger partial charge in [-0.1, -0.05) is 127 Å². The smallest absolute Gasteiger partial charge is 0.180 e. The van der Waals surface area contributed by atoms with Crippen molar-refractivity contribution < 1.29 is 0 Å². The molecule has 0 bridgehead atoms. The van der Waals surface area contributed by atoms with E-state index in [2.05, 4.69) is 133 Å². The molecule has 10 aromatic rings. The van der Waals surface area contributed by atoms with Crippen LogP contribution in [0.2, 0.25) is 0 Å². The summed E-state index contributed by atoms with van der Waals surface area (Å²) >= 11 is 1.86. The number of fused-ring (bicyclic) bond motifs is 13. The molecule has 208 valence electrons. The second-order valence-corrected chi connectivity index (χ2v) is 12.6. The van der Waals surface area contributed by atoms with E-state index in [0.29, 0.717) is 5.82 Å². The first-order valence-corrected chi connectivity index (χ1v) is 15.9. The van der Waals surface area contributed by atoms with Crippen molar-refractivity contribution in [1.29, 1.82) is 0 Å². The Balaban J connectivity index is 1.41. The van der Waals surface area contributed by atoms with Crippen molar-refractivity contribution in [2.75, 3.05) is 0 Å². The molecule has 0 radical (unpaired) electrons. The maximum atomic E-state index is 5.54. The summed E-state index contributed by atoms with van der Waals surface area (Å²) in [5.41, 5.74) is 4.69. The van der Waals surface area contributed by atoms with E-state index in [4.69, 9.17) is 15.0 Å². The van der Waals surface area contributed by atoms with E-state index in [9.17, 15) is 0 Å². The molecule has 0 N–H and O–H groups in total. The van der Waals surface area contributed by atoms with Crippen molar-refractivity contribution in [3.05, 3.63) is 140 Å². The van der Waals surface area contributed by atoms with Crippen LogP contribution in [-0.4, -0.2) is 15.0 Å². The molecule has 3 nitrogen and oxygen atoms in total. The van der Waals surface area contributed by atoms with E-state index in [1.165, 1.54) is 36.3 Å². The molecule has 0 fully saturated rings. The zero-order chi connectivity index (χ0) is 29.5. The molecule has 3 aromatic heterocycles. The molecular weight excluding hydrogens is 567 g/mol. The summed E-state index contributed by atoms with van der Waals surface area (Å²) in [5.74, 6) is 0.634. The second-order valence-electron chi connectivity index (χ2n) is 11.5. The SMILES string of the molecule is c1ccc(-c2nc(-c3nc4c5ccccc5c5sc6ccccc6c5c4c4ccccc34)nc3c2ccc2ccccc23)cc1. The van der Waals surface area contributed by atoms with E-state index in [1.807, 2.05) is 17.4 Å². The molecule has 0 aliphatic heterocycles. The summed E-state index contributed by atoms with van der Waals surface area (Å²) in [6.07, 6.45) is 0. The van der Waals surface area contributed by atoms with Gasteiger partial charge in [-0.05, 0) is 22.9 Å². The fourth-order valence-electron chi connectivity index (χ4n) is 7.04. The fraction of sp³-hybridized carbons (Fsp3) is 0. The molecule has 7 aromatic carbocycles. The number of aromatic nitrogens is 3. The van der Waals surface area contributed by atoms with Gasteiger partial charge in [-0.3, -0.25) is 0 Å². The molecule has 0 aliphatic rings. The van der Waals surface area contributed by atoms with Crippen molar-refractivity contribution in [1.82, 2.24) is 15.0 Å². The largest absolute Gasteiger partial charge is 0.243 e. The van der Waals surface area contributed by atoms with Crippen LogP contribution in [0, 0.1) is 0 Å². The number of thiophene rings is 1. The van der Waals surface area contributed by atoms with Gasteiger partial charge in [-0.2, -0.15) is 0 Å². The fourth-order valence-corrected chi connectivity index (χ4v) is 8.29. The van der Waals surface area contributed by atoms with E-state index < -0.39 is 0 Å². The molecule has 3 heterocycles. The Bertz CT molecular complexity index is 2820. The lowest BCUT2D eigenvalue weighted by Gasteiger charge is -2.15. The first-order valence-electron chi connectivity index (χ1n) is 15.1. The molecule has 0 unspecified atom stereocenters. The average molecular weight is 590 g/mol. The summed E-state index contributed by atoms with van der Waals surface area (Å²) in [5, 5.41) is 11.6. The summed E-state index contributed by atoms with van der Waals surface area (Å²) in [7, 11) is 0. The Morgan fingerprint density at radius 2 is 1.04 bits per heavy atom. The summed E-state index contributed by atoms with van der Waals surface area (Å²) in [6.45, 7) is 0. The van der Waals surface area contributed by atoms with Crippen molar-refractivity contribution in [2.24, 2.45) is 0 Å². The van der Waals surface area contributed by atoms with Gasteiger partial charge < -0.3 is 0 Å².